The molecule has 0 aliphatic rings. The van der Waals surface area contributed by atoms with Crippen molar-refractivity contribution in [1.29, 1.82) is 0 Å². The van der Waals surface area contributed by atoms with E-state index >= 15 is 0 Å². The van der Waals surface area contributed by atoms with Gasteiger partial charge in [-0.15, -0.1) is 0 Å². The molecule has 1 aromatic heterocycles. The Morgan fingerprint density at radius 2 is 1.68 bits per heavy atom. The van der Waals surface area contributed by atoms with E-state index in [0.717, 1.165) is 6.07 Å². The normalized spacial score (nSPS) is 10.3. The van der Waals surface area contributed by atoms with Crippen LogP contribution < -0.4 is 16.6 Å². The van der Waals surface area contributed by atoms with Gasteiger partial charge >= 0.3 is 0 Å². The van der Waals surface area contributed by atoms with Gasteiger partial charge in [0.05, 0.1) is 0 Å². The number of hydrazine groups is 1. The Hall–Kier alpha value is -2.28. The predicted octanol–water partition coefficient (Wildman–Crippen LogP) is 2.35. The van der Waals surface area contributed by atoms with Crippen molar-refractivity contribution in [3.05, 3.63) is 41.7 Å². The molecule has 0 radical (unpaired) electrons. The number of nitrogens with two attached hydrogens (primary N) is 1. The number of rotatable bonds is 4. The maximum Gasteiger partial charge on any atom is 0.145 e. The Balaban J connectivity index is 2.31. The summed E-state index contributed by atoms with van der Waals surface area (Å²) < 4.78 is 26.2. The lowest BCUT2D eigenvalue weighted by Gasteiger charge is -2.09. The van der Waals surface area contributed by atoms with E-state index in [1.165, 1.54) is 12.1 Å². The van der Waals surface area contributed by atoms with Gasteiger partial charge in [-0.05, 0) is 12.1 Å². The number of nitrogens with zero attached hydrogens (tertiary/aromatic N) is 2. The van der Waals surface area contributed by atoms with Crippen LogP contribution in [0.1, 0.15) is 12.7 Å². The summed E-state index contributed by atoms with van der Waals surface area (Å²) in [6.07, 6.45) is 0.613. The second kappa shape index (κ2) is 5.57. The van der Waals surface area contributed by atoms with Crippen LogP contribution in [0.4, 0.5) is 26.1 Å². The molecule has 19 heavy (non-hydrogen) atoms. The van der Waals surface area contributed by atoms with Gasteiger partial charge in [-0.3, -0.25) is 0 Å². The van der Waals surface area contributed by atoms with Crippen LogP contribution in [0, 0.1) is 11.6 Å². The smallest absolute Gasteiger partial charge is 0.145 e. The van der Waals surface area contributed by atoms with Gasteiger partial charge in [0.1, 0.15) is 29.1 Å². The first kappa shape index (κ1) is 13.2. The van der Waals surface area contributed by atoms with Gasteiger partial charge in [0, 0.05) is 24.2 Å². The number of anilines is 3. The average molecular weight is 265 g/mol. The van der Waals surface area contributed by atoms with E-state index in [9.17, 15) is 8.78 Å². The molecule has 0 bridgehead atoms. The quantitative estimate of drug-likeness (QED) is 0.584. The zero-order valence-electron chi connectivity index (χ0n) is 10.2. The highest BCUT2D eigenvalue weighted by Crippen LogP contribution is 2.19. The predicted molar refractivity (Wildman–Crippen MR) is 68.9 cm³/mol. The van der Waals surface area contributed by atoms with Gasteiger partial charge in [0.25, 0.3) is 0 Å². The third kappa shape index (κ3) is 3.35. The summed E-state index contributed by atoms with van der Waals surface area (Å²) in [5, 5.41) is 2.81. The molecule has 0 saturated carbocycles. The first-order chi connectivity index (χ1) is 9.10. The van der Waals surface area contributed by atoms with E-state index in [0.29, 0.717) is 23.9 Å². The standard InChI is InChI=1S/C12H13F2N5/c1-2-10-17-11(6-12(18-10)19-15)16-9-4-7(13)3-8(14)5-9/h3-6H,2,15H2,1H3,(H2,16,17,18,19). The molecule has 0 aliphatic carbocycles. The molecule has 1 aromatic carbocycles. The Morgan fingerprint density at radius 3 is 2.26 bits per heavy atom. The molecule has 0 saturated heterocycles. The van der Waals surface area contributed by atoms with Crippen LogP contribution in [0.5, 0.6) is 0 Å². The first-order valence-corrected chi connectivity index (χ1v) is 5.68. The Labute approximate surface area is 108 Å². The summed E-state index contributed by atoms with van der Waals surface area (Å²) in [4.78, 5) is 8.30. The molecule has 0 unspecified atom stereocenters. The third-order valence-corrected chi connectivity index (χ3v) is 2.37. The zero-order chi connectivity index (χ0) is 13.8. The van der Waals surface area contributed by atoms with Crippen molar-refractivity contribution in [3.8, 4) is 0 Å². The summed E-state index contributed by atoms with van der Waals surface area (Å²) in [6.45, 7) is 1.89. The van der Waals surface area contributed by atoms with Gasteiger partial charge < -0.3 is 10.7 Å². The molecule has 100 valence electrons. The third-order valence-electron chi connectivity index (χ3n) is 2.37. The second-order valence-corrected chi connectivity index (χ2v) is 3.84. The van der Waals surface area contributed by atoms with E-state index in [1.54, 1.807) is 6.07 Å². The number of benzene rings is 1. The molecule has 1 heterocycles. The number of aromatic nitrogens is 2. The minimum absolute atomic E-state index is 0.265. The molecule has 2 rings (SSSR count). The van der Waals surface area contributed by atoms with Crippen LogP contribution in [0.15, 0.2) is 24.3 Å². The maximum atomic E-state index is 13.1. The Bertz CT molecular complexity index is 546. The van der Waals surface area contributed by atoms with Crippen molar-refractivity contribution in [2.24, 2.45) is 5.84 Å². The molecular formula is C12H13F2N5. The number of hydrogen-bond donors (Lipinski definition) is 3. The summed E-state index contributed by atoms with van der Waals surface area (Å²) in [7, 11) is 0. The van der Waals surface area contributed by atoms with Crippen LogP contribution in [0.2, 0.25) is 0 Å². The number of hydrogen-bond acceptors (Lipinski definition) is 5. The van der Waals surface area contributed by atoms with Crippen LogP contribution in [-0.4, -0.2) is 9.97 Å². The maximum absolute atomic E-state index is 13.1. The number of nitrogen functional groups attached to an aromatic ring is 1. The van der Waals surface area contributed by atoms with Gasteiger partial charge in [0.2, 0.25) is 0 Å². The van der Waals surface area contributed by atoms with E-state index in [-0.39, 0.29) is 5.69 Å². The van der Waals surface area contributed by atoms with Gasteiger partial charge in [-0.25, -0.2) is 24.6 Å². The van der Waals surface area contributed by atoms with Crippen molar-refractivity contribution < 1.29 is 8.78 Å². The summed E-state index contributed by atoms with van der Waals surface area (Å²) in [5.41, 5.74) is 2.68. The SMILES string of the molecule is CCc1nc(NN)cc(Nc2cc(F)cc(F)c2)n1. The topological polar surface area (TPSA) is 75.9 Å². The fourth-order valence-electron chi connectivity index (χ4n) is 1.57. The highest BCUT2D eigenvalue weighted by molar-refractivity contribution is 5.59. The monoisotopic (exact) mass is 265 g/mol. The van der Waals surface area contributed by atoms with Crippen molar-refractivity contribution in [2.45, 2.75) is 13.3 Å². The molecule has 2 aromatic rings. The molecule has 0 spiro atoms. The second-order valence-electron chi connectivity index (χ2n) is 3.84. The Kier molecular flexibility index (Phi) is 3.86. The molecule has 0 fully saturated rings. The van der Waals surface area contributed by atoms with Crippen molar-refractivity contribution >= 4 is 17.3 Å². The fourth-order valence-corrected chi connectivity index (χ4v) is 1.57. The number of halogens is 2. The van der Waals surface area contributed by atoms with Gasteiger partial charge in [-0.1, -0.05) is 6.92 Å². The lowest BCUT2D eigenvalue weighted by Crippen LogP contribution is -2.11. The largest absolute Gasteiger partial charge is 0.340 e. The summed E-state index contributed by atoms with van der Waals surface area (Å²) >= 11 is 0. The molecule has 0 atom stereocenters. The highest BCUT2D eigenvalue weighted by atomic mass is 19.1. The van der Waals surface area contributed by atoms with Gasteiger partial charge in [-0.2, -0.15) is 0 Å². The van der Waals surface area contributed by atoms with Gasteiger partial charge in [0.15, 0.2) is 0 Å². The summed E-state index contributed by atoms with van der Waals surface area (Å²) in [6, 6.07) is 4.69. The lowest BCUT2D eigenvalue weighted by atomic mass is 10.3. The average Bonchev–Trinajstić information content (AvgIpc) is 2.37. The fraction of sp³-hybridized carbons (Fsp3) is 0.167. The molecule has 4 N–H and O–H groups in total. The van der Waals surface area contributed by atoms with Crippen molar-refractivity contribution in [1.82, 2.24) is 9.97 Å². The van der Waals surface area contributed by atoms with Crippen molar-refractivity contribution in [3.63, 3.8) is 0 Å². The van der Waals surface area contributed by atoms with Crippen LogP contribution in [0.3, 0.4) is 0 Å². The number of nitrogens with one attached hydrogen (secondary N) is 2. The molecule has 0 amide bonds. The molecular weight excluding hydrogens is 252 g/mol. The molecule has 5 nitrogen and oxygen atoms in total. The van der Waals surface area contributed by atoms with E-state index < -0.39 is 11.6 Å². The molecule has 7 heteroatoms. The molecule has 0 aliphatic heterocycles. The van der Waals surface area contributed by atoms with Crippen LogP contribution in [-0.2, 0) is 6.42 Å². The van der Waals surface area contributed by atoms with Crippen molar-refractivity contribution in [2.75, 3.05) is 10.7 Å². The minimum Gasteiger partial charge on any atom is -0.340 e. The zero-order valence-corrected chi connectivity index (χ0v) is 10.2. The lowest BCUT2D eigenvalue weighted by molar-refractivity contribution is 0.584. The van der Waals surface area contributed by atoms with Crippen LogP contribution in [0.25, 0.3) is 0 Å². The first-order valence-electron chi connectivity index (χ1n) is 5.68. The number of aryl methyl sites for hydroxylation is 1. The van der Waals surface area contributed by atoms with Crippen LogP contribution >= 0.6 is 0 Å². The van der Waals surface area contributed by atoms with E-state index in [4.69, 9.17) is 5.84 Å². The highest BCUT2D eigenvalue weighted by Gasteiger charge is 2.05. The van der Waals surface area contributed by atoms with E-state index in [2.05, 4.69) is 20.7 Å². The summed E-state index contributed by atoms with van der Waals surface area (Å²) in [5.74, 6) is 5.37. The Morgan fingerprint density at radius 1 is 1.05 bits per heavy atom. The van der Waals surface area contributed by atoms with E-state index in [1.807, 2.05) is 6.92 Å². The minimum atomic E-state index is -0.663.